The lowest BCUT2D eigenvalue weighted by Gasteiger charge is -2.49. The zero-order valence-electron chi connectivity index (χ0n) is 13.7. The number of amides is 2. The van der Waals surface area contributed by atoms with Crippen LogP contribution in [0.2, 0.25) is 0 Å². The van der Waals surface area contributed by atoms with E-state index in [-0.39, 0.29) is 17.4 Å². The van der Waals surface area contributed by atoms with Gasteiger partial charge in [0.25, 0.3) is 18.3 Å². The van der Waals surface area contributed by atoms with Crippen molar-refractivity contribution in [3.8, 4) is 0 Å². The number of nitrogens with zero attached hydrogens (tertiary/aromatic N) is 1. The van der Waals surface area contributed by atoms with Crippen LogP contribution in [0.25, 0.3) is 0 Å². The summed E-state index contributed by atoms with van der Waals surface area (Å²) in [7, 11) is 0. The molecule has 2 N–H and O–H groups in total. The van der Waals surface area contributed by atoms with Crippen molar-refractivity contribution in [2.24, 2.45) is 0 Å². The molecule has 0 radical (unpaired) electrons. The third-order valence-electron chi connectivity index (χ3n) is 4.10. The first-order chi connectivity index (χ1) is 12.4. The number of β-lactam (4-membered cyclic amide) rings is 1. The molecule has 136 valence electrons. The number of ether oxygens (including phenoxy) is 1. The number of thioether (sulfide) groups is 1. The molecule has 3 rings (SSSR count). The second kappa shape index (κ2) is 7.20. The molecule has 1 aromatic carbocycles. The number of hydrogen-bond acceptors (Lipinski definition) is 6. The van der Waals surface area contributed by atoms with Crippen LogP contribution in [0.3, 0.4) is 0 Å². The van der Waals surface area contributed by atoms with Gasteiger partial charge in [0.1, 0.15) is 17.1 Å². The number of carbonyl (C=O) groups is 4. The van der Waals surface area contributed by atoms with E-state index in [4.69, 9.17) is 4.74 Å². The predicted molar refractivity (Wildman–Crippen MR) is 91.7 cm³/mol. The van der Waals surface area contributed by atoms with E-state index in [1.807, 2.05) is 6.92 Å². The maximum atomic E-state index is 12.5. The molecule has 2 amide bonds. The first kappa shape index (κ1) is 18.0. The molecule has 1 fully saturated rings. The monoisotopic (exact) mass is 376 g/mol. The summed E-state index contributed by atoms with van der Waals surface area (Å²) in [5, 5.41) is 11.2. The van der Waals surface area contributed by atoms with Gasteiger partial charge in [-0.25, -0.2) is 4.79 Å². The van der Waals surface area contributed by atoms with Crippen LogP contribution in [0.4, 0.5) is 0 Å². The van der Waals surface area contributed by atoms with E-state index >= 15 is 0 Å². The van der Waals surface area contributed by atoms with Gasteiger partial charge in [0.05, 0.1) is 0 Å². The summed E-state index contributed by atoms with van der Waals surface area (Å²) in [5.74, 6) is -2.33. The molecule has 2 heterocycles. The first-order valence-electron chi connectivity index (χ1n) is 7.82. The number of carbonyl (C=O) groups excluding carboxylic acids is 3. The maximum absolute atomic E-state index is 12.5. The summed E-state index contributed by atoms with van der Waals surface area (Å²) in [5.41, 5.74) is 0.386. The minimum Gasteiger partial charge on any atom is -0.477 e. The van der Waals surface area contributed by atoms with Crippen molar-refractivity contribution in [2.45, 2.75) is 29.7 Å². The first-order valence-corrected chi connectivity index (χ1v) is 8.76. The van der Waals surface area contributed by atoms with Gasteiger partial charge in [0.2, 0.25) is 6.10 Å². The molecule has 9 heteroatoms. The minimum absolute atomic E-state index is 0.0829. The molecule has 2 aliphatic rings. The Hall–Kier alpha value is -2.81. The van der Waals surface area contributed by atoms with E-state index < -0.39 is 35.3 Å². The van der Waals surface area contributed by atoms with Gasteiger partial charge < -0.3 is 15.2 Å². The van der Waals surface area contributed by atoms with Gasteiger partial charge in [-0.3, -0.25) is 19.3 Å². The summed E-state index contributed by atoms with van der Waals surface area (Å²) in [6.07, 6.45) is 0.317. The van der Waals surface area contributed by atoms with Gasteiger partial charge in [0, 0.05) is 10.8 Å². The van der Waals surface area contributed by atoms with E-state index in [9.17, 15) is 24.3 Å². The van der Waals surface area contributed by atoms with E-state index in [0.29, 0.717) is 5.56 Å². The number of fused-ring (bicyclic) bond motifs is 1. The van der Waals surface area contributed by atoms with Gasteiger partial charge in [-0.15, -0.1) is 11.8 Å². The van der Waals surface area contributed by atoms with E-state index in [1.165, 1.54) is 17.8 Å². The van der Waals surface area contributed by atoms with Crippen molar-refractivity contribution < 1.29 is 29.0 Å². The Labute approximate surface area is 153 Å². The van der Waals surface area contributed by atoms with E-state index in [1.54, 1.807) is 30.3 Å². The fourth-order valence-electron chi connectivity index (χ4n) is 2.93. The van der Waals surface area contributed by atoms with Crippen LogP contribution in [0.1, 0.15) is 18.6 Å². The lowest BCUT2D eigenvalue weighted by Crippen LogP contribution is -2.70. The number of hydrogen-bond donors (Lipinski definition) is 2. The van der Waals surface area contributed by atoms with Gasteiger partial charge in [-0.05, 0) is 13.0 Å². The normalized spacial score (nSPS) is 25.3. The number of aliphatic carboxylic acids is 1. The Morgan fingerprint density at radius 3 is 2.65 bits per heavy atom. The van der Waals surface area contributed by atoms with E-state index in [0.717, 1.165) is 4.90 Å². The molecule has 8 nitrogen and oxygen atoms in total. The average Bonchev–Trinajstić information content (AvgIpc) is 2.63. The Kier molecular flexibility index (Phi) is 4.99. The Morgan fingerprint density at radius 1 is 1.35 bits per heavy atom. The number of carboxylic acid groups (broad SMARTS) is 1. The zero-order chi connectivity index (χ0) is 18.8. The molecule has 26 heavy (non-hydrogen) atoms. The molecule has 0 bridgehead atoms. The molecule has 0 aliphatic carbocycles. The van der Waals surface area contributed by atoms with Crippen molar-refractivity contribution >= 4 is 36.0 Å². The van der Waals surface area contributed by atoms with Gasteiger partial charge in [-0.2, -0.15) is 0 Å². The van der Waals surface area contributed by atoms with Crippen LogP contribution in [-0.2, 0) is 23.9 Å². The molecule has 3 unspecified atom stereocenters. The molecular formula is C17H16N2O6S. The second-order valence-electron chi connectivity index (χ2n) is 5.81. The summed E-state index contributed by atoms with van der Waals surface area (Å²) in [6, 6.07) is 7.54. The van der Waals surface area contributed by atoms with Gasteiger partial charge in [-0.1, -0.05) is 30.3 Å². The van der Waals surface area contributed by atoms with Crippen molar-refractivity contribution in [3.63, 3.8) is 0 Å². The summed E-state index contributed by atoms with van der Waals surface area (Å²) in [4.78, 5) is 48.2. The molecular weight excluding hydrogens is 360 g/mol. The lowest BCUT2D eigenvalue weighted by atomic mass is 10.0. The van der Waals surface area contributed by atoms with Crippen molar-refractivity contribution in [2.75, 3.05) is 0 Å². The molecule has 0 saturated carbocycles. The number of carboxylic acids is 1. The summed E-state index contributed by atoms with van der Waals surface area (Å²) >= 11 is 1.37. The second-order valence-corrected chi connectivity index (χ2v) is 7.31. The quantitative estimate of drug-likeness (QED) is 0.554. The highest BCUT2D eigenvalue weighted by atomic mass is 32.2. The Morgan fingerprint density at radius 2 is 2.04 bits per heavy atom. The number of rotatable bonds is 6. The van der Waals surface area contributed by atoms with Crippen LogP contribution in [0, 0.1) is 0 Å². The summed E-state index contributed by atoms with van der Waals surface area (Å²) < 4.78 is 4.88. The third kappa shape index (κ3) is 3.17. The maximum Gasteiger partial charge on any atom is 0.352 e. The Balaban J connectivity index is 1.76. The number of benzene rings is 1. The SMILES string of the molecule is CC1C=C(C(=O)O)N2C(=O)C(NC(=O)C(OC=O)c3ccccc3)[C@H]2S1. The van der Waals surface area contributed by atoms with E-state index in [2.05, 4.69) is 5.32 Å². The number of nitrogens with one attached hydrogen (secondary N) is 1. The predicted octanol–water partition coefficient (Wildman–Crippen LogP) is 0.658. The highest BCUT2D eigenvalue weighted by Gasteiger charge is 2.54. The van der Waals surface area contributed by atoms with Crippen LogP contribution in [-0.4, -0.2) is 50.9 Å². The fourth-order valence-corrected chi connectivity index (χ4v) is 4.26. The smallest absolute Gasteiger partial charge is 0.352 e. The zero-order valence-corrected chi connectivity index (χ0v) is 14.5. The van der Waals surface area contributed by atoms with Crippen molar-refractivity contribution in [1.29, 1.82) is 0 Å². The van der Waals surface area contributed by atoms with Crippen LogP contribution in [0.5, 0.6) is 0 Å². The van der Waals surface area contributed by atoms with Crippen LogP contribution in [0.15, 0.2) is 42.1 Å². The fraction of sp³-hybridized carbons (Fsp3) is 0.294. The van der Waals surface area contributed by atoms with Crippen molar-refractivity contribution in [1.82, 2.24) is 10.2 Å². The molecule has 0 spiro atoms. The third-order valence-corrected chi connectivity index (χ3v) is 5.43. The molecule has 1 aromatic rings. The minimum atomic E-state index is -1.19. The van der Waals surface area contributed by atoms with Crippen LogP contribution >= 0.6 is 11.8 Å². The Bertz CT molecular complexity index is 781. The highest BCUT2D eigenvalue weighted by Crippen LogP contribution is 2.40. The van der Waals surface area contributed by atoms with Crippen LogP contribution < -0.4 is 5.32 Å². The molecule has 0 aromatic heterocycles. The van der Waals surface area contributed by atoms with Gasteiger partial charge >= 0.3 is 5.97 Å². The molecule has 1 saturated heterocycles. The molecule has 2 aliphatic heterocycles. The van der Waals surface area contributed by atoms with Gasteiger partial charge in [0.15, 0.2) is 0 Å². The lowest BCUT2D eigenvalue weighted by molar-refractivity contribution is -0.153. The average molecular weight is 376 g/mol. The molecule has 4 atom stereocenters. The summed E-state index contributed by atoms with van der Waals surface area (Å²) in [6.45, 7) is 1.99. The standard InChI is InChI=1S/C17H16N2O6S/c1-9-7-11(17(23)24)19-15(22)12(16(19)26-9)18-14(21)13(25-8-20)10-5-3-2-4-6-10/h2-9,12-13,16H,1H3,(H,18,21)(H,23,24)/t9?,12?,13?,16-/m1/s1. The highest BCUT2D eigenvalue weighted by molar-refractivity contribution is 8.00. The topological polar surface area (TPSA) is 113 Å². The van der Waals surface area contributed by atoms with Crippen molar-refractivity contribution in [3.05, 3.63) is 47.7 Å². The largest absolute Gasteiger partial charge is 0.477 e.